The van der Waals surface area contributed by atoms with E-state index < -0.39 is 0 Å². The van der Waals surface area contributed by atoms with Crippen LogP contribution in [0.4, 0.5) is 0 Å². The molecule has 0 atom stereocenters. The number of rotatable bonds is 9. The first kappa shape index (κ1) is 25.3. The van der Waals surface area contributed by atoms with Gasteiger partial charge in [0.1, 0.15) is 11.6 Å². The molecule has 1 aliphatic heterocycles. The van der Waals surface area contributed by atoms with Crippen LogP contribution in [0.15, 0.2) is 29.3 Å². The van der Waals surface area contributed by atoms with Crippen LogP contribution in [0, 0.1) is 6.92 Å². The topological polar surface area (TPSA) is 88.8 Å². The highest BCUT2D eigenvalue weighted by atomic mass is 127. The second-order valence-corrected chi connectivity index (χ2v) is 7.32. The lowest BCUT2D eigenvalue weighted by molar-refractivity contribution is 0.0376. The van der Waals surface area contributed by atoms with Crippen molar-refractivity contribution in [3.8, 4) is 5.75 Å². The zero-order chi connectivity index (χ0) is 21.2. The lowest BCUT2D eigenvalue weighted by Crippen LogP contribution is -2.40. The molecule has 1 fully saturated rings. The van der Waals surface area contributed by atoms with Gasteiger partial charge in [-0.3, -0.25) is 4.90 Å². The molecule has 2 N–H and O–H groups in total. The zero-order valence-electron chi connectivity index (χ0n) is 18.6. The van der Waals surface area contributed by atoms with Gasteiger partial charge in [-0.1, -0.05) is 12.1 Å². The fraction of sp³-hybridized carbons (Fsp3) is 0.571. The number of aryl methyl sites for hydroxylation is 1. The first-order chi connectivity index (χ1) is 14.7. The smallest absolute Gasteiger partial charge is 0.191 e. The lowest BCUT2D eigenvalue weighted by Gasteiger charge is -2.26. The molecular weight excluding hydrogens is 509 g/mol. The van der Waals surface area contributed by atoms with E-state index in [1.807, 2.05) is 42.8 Å². The van der Waals surface area contributed by atoms with Crippen molar-refractivity contribution < 1.29 is 9.47 Å². The van der Waals surface area contributed by atoms with E-state index in [0.717, 1.165) is 74.7 Å². The summed E-state index contributed by atoms with van der Waals surface area (Å²) in [6.45, 7) is 8.70. The Balaban J connectivity index is 0.00000341. The number of hydrogen-bond acceptors (Lipinski definition) is 6. The number of halogens is 1. The minimum atomic E-state index is 0. The fourth-order valence-electron chi connectivity index (χ4n) is 3.18. The normalized spacial score (nSPS) is 14.7. The highest BCUT2D eigenvalue weighted by Gasteiger charge is 2.10. The van der Waals surface area contributed by atoms with Gasteiger partial charge in [0.05, 0.1) is 33.4 Å². The van der Waals surface area contributed by atoms with Crippen molar-refractivity contribution in [2.75, 3.05) is 46.5 Å². The van der Waals surface area contributed by atoms with E-state index in [4.69, 9.17) is 14.5 Å². The molecule has 0 amide bonds. The third-order valence-electron chi connectivity index (χ3n) is 5.22. The Bertz CT molecular complexity index is 805. The van der Waals surface area contributed by atoms with Gasteiger partial charge < -0.3 is 24.7 Å². The Hall–Kier alpha value is -1.92. The van der Waals surface area contributed by atoms with Gasteiger partial charge in [-0.15, -0.1) is 34.2 Å². The summed E-state index contributed by atoms with van der Waals surface area (Å²) in [6, 6.07) is 7.97. The minimum absolute atomic E-state index is 0. The average Bonchev–Trinajstić information content (AvgIpc) is 3.11. The molecule has 1 aliphatic rings. The number of methoxy groups -OCH3 is 1. The van der Waals surface area contributed by atoms with Crippen LogP contribution in [0.1, 0.15) is 23.6 Å². The van der Waals surface area contributed by atoms with Gasteiger partial charge in [0, 0.05) is 26.7 Å². The summed E-state index contributed by atoms with van der Waals surface area (Å²) in [4.78, 5) is 7.19. The van der Waals surface area contributed by atoms with Gasteiger partial charge in [0.2, 0.25) is 0 Å². The van der Waals surface area contributed by atoms with E-state index in [1.165, 1.54) is 0 Å². The zero-order valence-corrected chi connectivity index (χ0v) is 21.0. The second-order valence-electron chi connectivity index (χ2n) is 7.32. The van der Waals surface area contributed by atoms with Crippen LogP contribution in [-0.2, 0) is 24.9 Å². The van der Waals surface area contributed by atoms with Gasteiger partial charge in [0.15, 0.2) is 11.8 Å². The number of aliphatic imine (C=N–C) groups is 1. The number of benzene rings is 1. The van der Waals surface area contributed by atoms with Gasteiger partial charge in [-0.2, -0.15) is 0 Å². The summed E-state index contributed by atoms with van der Waals surface area (Å²) < 4.78 is 12.6. The molecule has 1 aromatic heterocycles. The fourth-order valence-corrected chi connectivity index (χ4v) is 3.18. The van der Waals surface area contributed by atoms with Crippen LogP contribution in [0.5, 0.6) is 5.75 Å². The average molecular weight is 543 g/mol. The highest BCUT2D eigenvalue weighted by Crippen LogP contribution is 2.11. The molecule has 0 radical (unpaired) electrons. The maximum Gasteiger partial charge on any atom is 0.191 e. The predicted octanol–water partition coefficient (Wildman–Crippen LogP) is 1.71. The Morgan fingerprint density at radius 3 is 2.55 bits per heavy atom. The van der Waals surface area contributed by atoms with Crippen molar-refractivity contribution in [2.45, 2.75) is 26.4 Å². The third kappa shape index (κ3) is 8.26. The number of morpholine rings is 1. The third-order valence-corrected chi connectivity index (χ3v) is 5.22. The number of nitrogens with one attached hydrogen (secondary N) is 2. The summed E-state index contributed by atoms with van der Waals surface area (Å²) in [5, 5.41) is 15.2. The Morgan fingerprint density at radius 1 is 1.16 bits per heavy atom. The molecule has 0 unspecified atom stereocenters. The molecule has 31 heavy (non-hydrogen) atoms. The lowest BCUT2D eigenvalue weighted by atomic mass is 10.2. The van der Waals surface area contributed by atoms with Gasteiger partial charge in [-0.05, 0) is 37.6 Å². The summed E-state index contributed by atoms with van der Waals surface area (Å²) in [6.07, 6.45) is 1.05. The molecule has 0 spiro atoms. The summed E-state index contributed by atoms with van der Waals surface area (Å²) >= 11 is 0. The molecule has 2 aromatic rings. The molecule has 0 aliphatic carbocycles. The largest absolute Gasteiger partial charge is 0.497 e. The molecule has 0 saturated carbocycles. The predicted molar refractivity (Wildman–Crippen MR) is 132 cm³/mol. The quantitative estimate of drug-likeness (QED) is 0.216. The summed E-state index contributed by atoms with van der Waals surface area (Å²) in [5.41, 5.74) is 1.12. The molecule has 0 bridgehead atoms. The van der Waals surface area contributed by atoms with Crippen molar-refractivity contribution in [3.05, 3.63) is 41.5 Å². The highest BCUT2D eigenvalue weighted by molar-refractivity contribution is 14.0. The molecular formula is C21H34IN7O2. The van der Waals surface area contributed by atoms with Crippen molar-refractivity contribution in [3.63, 3.8) is 0 Å². The Labute approximate surface area is 201 Å². The van der Waals surface area contributed by atoms with E-state index in [1.54, 1.807) is 7.11 Å². The van der Waals surface area contributed by atoms with Crippen molar-refractivity contribution in [1.29, 1.82) is 0 Å². The molecule has 172 valence electrons. The molecule has 9 nitrogen and oxygen atoms in total. The number of guanidine groups is 1. The van der Waals surface area contributed by atoms with E-state index in [2.05, 4.69) is 25.7 Å². The van der Waals surface area contributed by atoms with Crippen LogP contribution >= 0.6 is 24.0 Å². The van der Waals surface area contributed by atoms with Crippen LogP contribution < -0.4 is 15.4 Å². The SMILES string of the molecule is COc1ccc(CN=C(NCCCN2CCOCC2)NCc2nnc(C)n2C)cc1.I. The van der Waals surface area contributed by atoms with Crippen LogP contribution in [-0.4, -0.2) is 72.1 Å². The van der Waals surface area contributed by atoms with E-state index >= 15 is 0 Å². The van der Waals surface area contributed by atoms with Crippen molar-refractivity contribution >= 4 is 29.9 Å². The summed E-state index contributed by atoms with van der Waals surface area (Å²) in [7, 11) is 3.64. The second kappa shape index (κ2) is 13.5. The molecule has 2 heterocycles. The maximum atomic E-state index is 5.41. The Morgan fingerprint density at radius 2 is 1.90 bits per heavy atom. The molecule has 1 saturated heterocycles. The maximum absolute atomic E-state index is 5.41. The van der Waals surface area contributed by atoms with Gasteiger partial charge >= 0.3 is 0 Å². The van der Waals surface area contributed by atoms with Crippen LogP contribution in [0.2, 0.25) is 0 Å². The van der Waals surface area contributed by atoms with Crippen molar-refractivity contribution in [1.82, 2.24) is 30.3 Å². The first-order valence-corrected chi connectivity index (χ1v) is 10.5. The van der Waals surface area contributed by atoms with Crippen LogP contribution in [0.3, 0.4) is 0 Å². The molecule has 1 aromatic carbocycles. The van der Waals surface area contributed by atoms with E-state index in [0.29, 0.717) is 13.1 Å². The first-order valence-electron chi connectivity index (χ1n) is 10.5. The van der Waals surface area contributed by atoms with Crippen LogP contribution in [0.25, 0.3) is 0 Å². The van der Waals surface area contributed by atoms with Gasteiger partial charge in [-0.25, -0.2) is 4.99 Å². The van der Waals surface area contributed by atoms with Crippen molar-refractivity contribution in [2.24, 2.45) is 12.0 Å². The minimum Gasteiger partial charge on any atom is -0.497 e. The standard InChI is InChI=1S/C21H33N7O2.HI/c1-17-25-26-20(27(17)2)16-24-21(22-9-4-10-28-11-13-30-14-12-28)23-15-18-5-7-19(29-3)8-6-18;/h5-8H,4,9-16H2,1-3H3,(H2,22,23,24);1H. The van der Waals surface area contributed by atoms with E-state index in [9.17, 15) is 0 Å². The number of aromatic nitrogens is 3. The molecule has 10 heteroatoms. The van der Waals surface area contributed by atoms with Gasteiger partial charge in [0.25, 0.3) is 0 Å². The number of nitrogens with zero attached hydrogens (tertiary/aromatic N) is 5. The Kier molecular flexibility index (Phi) is 11.0. The number of ether oxygens (including phenoxy) is 2. The summed E-state index contributed by atoms with van der Waals surface area (Å²) in [5.74, 6) is 3.38. The molecule has 3 rings (SSSR count). The van der Waals surface area contributed by atoms with E-state index in [-0.39, 0.29) is 24.0 Å². The monoisotopic (exact) mass is 543 g/mol. The number of hydrogen-bond donors (Lipinski definition) is 2.